The van der Waals surface area contributed by atoms with Gasteiger partial charge in [-0.05, 0) is 49.2 Å². The number of benzene rings is 1. The molecule has 34 heavy (non-hydrogen) atoms. The van der Waals surface area contributed by atoms with Crippen LogP contribution in [0.2, 0.25) is 0 Å². The number of nitrogens with zero attached hydrogens (tertiary/aromatic N) is 2. The molecule has 3 N–H and O–H groups in total. The van der Waals surface area contributed by atoms with Crippen LogP contribution in [0.25, 0.3) is 0 Å². The van der Waals surface area contributed by atoms with E-state index in [0.29, 0.717) is 35.6 Å². The van der Waals surface area contributed by atoms with Crippen molar-refractivity contribution >= 4 is 50.6 Å². The van der Waals surface area contributed by atoms with Gasteiger partial charge in [-0.2, -0.15) is 4.31 Å². The molecule has 188 valence electrons. The lowest BCUT2D eigenvalue weighted by molar-refractivity contribution is 0.1000. The largest absolute Gasteiger partial charge is 0.365 e. The highest BCUT2D eigenvalue weighted by molar-refractivity contribution is 7.89. The number of halogens is 1. The minimum Gasteiger partial charge on any atom is -0.365 e. The maximum atomic E-state index is 12.9. The van der Waals surface area contributed by atoms with Crippen molar-refractivity contribution < 1.29 is 18.0 Å². The smallest absolute Gasteiger partial charge is 0.256 e. The zero-order valence-electron chi connectivity index (χ0n) is 19.8. The molecule has 0 aliphatic carbocycles. The monoisotopic (exact) mass is 528 g/mol. The predicted octanol–water partition coefficient (Wildman–Crippen LogP) is 3.71. The van der Waals surface area contributed by atoms with E-state index in [-0.39, 0.29) is 17.3 Å². The summed E-state index contributed by atoms with van der Waals surface area (Å²) in [6.45, 7) is 9.25. The lowest BCUT2D eigenvalue weighted by atomic mass is 10.0. The van der Waals surface area contributed by atoms with Crippen molar-refractivity contribution in [2.24, 2.45) is 5.73 Å². The van der Waals surface area contributed by atoms with E-state index in [1.165, 1.54) is 39.9 Å². The first-order valence-electron chi connectivity index (χ1n) is 11.3. The van der Waals surface area contributed by atoms with E-state index in [9.17, 15) is 18.0 Å². The van der Waals surface area contributed by atoms with Crippen LogP contribution in [0.3, 0.4) is 0 Å². The molecular weight excluding hydrogens is 496 g/mol. The van der Waals surface area contributed by atoms with E-state index in [0.717, 1.165) is 42.9 Å². The quantitative estimate of drug-likeness (QED) is 0.488. The van der Waals surface area contributed by atoms with Gasteiger partial charge in [0, 0.05) is 36.6 Å². The number of hydrogen-bond donors (Lipinski definition) is 2. The third kappa shape index (κ3) is 5.98. The summed E-state index contributed by atoms with van der Waals surface area (Å²) in [6, 6.07) is 5.89. The number of hydrogen-bond acceptors (Lipinski definition) is 6. The van der Waals surface area contributed by atoms with Gasteiger partial charge in [0.05, 0.1) is 10.5 Å². The number of thiophene rings is 1. The van der Waals surface area contributed by atoms with Crippen LogP contribution >= 0.6 is 23.7 Å². The van der Waals surface area contributed by atoms with E-state index < -0.39 is 21.8 Å². The Morgan fingerprint density at radius 1 is 1.18 bits per heavy atom. The van der Waals surface area contributed by atoms with Crippen LogP contribution in [0, 0.1) is 0 Å². The van der Waals surface area contributed by atoms with Gasteiger partial charge >= 0.3 is 0 Å². The minimum absolute atomic E-state index is 0. The Morgan fingerprint density at radius 2 is 1.85 bits per heavy atom. The first kappa shape index (κ1) is 28.3. The first-order chi connectivity index (χ1) is 15.7. The van der Waals surface area contributed by atoms with Crippen molar-refractivity contribution in [3.63, 3.8) is 0 Å². The summed E-state index contributed by atoms with van der Waals surface area (Å²) < 4.78 is 27.2. The van der Waals surface area contributed by atoms with E-state index >= 15 is 0 Å². The molecule has 11 heteroatoms. The number of sulfonamides is 1. The van der Waals surface area contributed by atoms with Crippen LogP contribution in [0.4, 0.5) is 5.00 Å². The lowest BCUT2D eigenvalue weighted by Crippen LogP contribution is -2.31. The Balaban J connectivity index is 0.00000408. The molecule has 0 unspecified atom stereocenters. The molecule has 2 heterocycles. The second-order valence-corrected chi connectivity index (χ2v) is 11.1. The van der Waals surface area contributed by atoms with Crippen LogP contribution in [-0.2, 0) is 23.0 Å². The fraction of sp³-hybridized carbons (Fsp3) is 0.478. The highest BCUT2D eigenvalue weighted by Gasteiger charge is 2.28. The van der Waals surface area contributed by atoms with Gasteiger partial charge in [-0.15, -0.1) is 23.7 Å². The average Bonchev–Trinajstić information content (AvgIpc) is 3.16. The highest BCUT2D eigenvalue weighted by Crippen LogP contribution is 2.37. The van der Waals surface area contributed by atoms with Crippen LogP contribution in [0.15, 0.2) is 29.2 Å². The Labute approximate surface area is 212 Å². The maximum Gasteiger partial charge on any atom is 0.256 e. The second kappa shape index (κ2) is 12.1. The second-order valence-electron chi connectivity index (χ2n) is 8.02. The summed E-state index contributed by atoms with van der Waals surface area (Å²) >= 11 is 1.38. The van der Waals surface area contributed by atoms with Gasteiger partial charge in [-0.25, -0.2) is 8.42 Å². The Bertz CT molecular complexity index is 1120. The summed E-state index contributed by atoms with van der Waals surface area (Å²) in [7, 11) is -3.61. The van der Waals surface area contributed by atoms with Gasteiger partial charge in [-0.1, -0.05) is 27.2 Å². The van der Waals surface area contributed by atoms with Crippen LogP contribution in [-0.4, -0.2) is 55.6 Å². The van der Waals surface area contributed by atoms with E-state index in [2.05, 4.69) is 17.1 Å². The van der Waals surface area contributed by atoms with Gasteiger partial charge in [0.15, 0.2) is 0 Å². The fourth-order valence-corrected chi connectivity index (χ4v) is 6.74. The molecule has 2 amide bonds. The van der Waals surface area contributed by atoms with Crippen molar-refractivity contribution in [2.45, 2.75) is 51.5 Å². The Kier molecular flexibility index (Phi) is 10.1. The van der Waals surface area contributed by atoms with Crippen molar-refractivity contribution in [1.29, 1.82) is 0 Å². The molecule has 2 aromatic rings. The van der Waals surface area contributed by atoms with Gasteiger partial charge in [0.1, 0.15) is 5.00 Å². The number of amides is 2. The number of likely N-dealkylation sites (N-methyl/N-ethyl adjacent to an activating group) is 1. The van der Waals surface area contributed by atoms with Gasteiger partial charge in [0.2, 0.25) is 10.0 Å². The molecule has 0 fully saturated rings. The molecule has 1 aromatic heterocycles. The van der Waals surface area contributed by atoms with E-state index in [1.54, 1.807) is 0 Å². The standard InChI is InChI=1S/C23H32N4O4S2.ClH/c1-4-7-13-27(6-3)33(30,31)17-10-8-16(9-11-17)22(29)25-23-20(21(24)28)18-12-14-26(5-2)15-19(18)32-23;/h8-11H,4-7,12-15H2,1-3H3,(H2,24,28)(H,25,29);1H. The zero-order valence-corrected chi connectivity index (χ0v) is 22.2. The molecule has 8 nitrogen and oxygen atoms in total. The summed E-state index contributed by atoms with van der Waals surface area (Å²) in [5.74, 6) is -0.966. The number of unbranched alkanes of at least 4 members (excludes halogenated alkanes) is 1. The minimum atomic E-state index is -3.61. The van der Waals surface area contributed by atoms with Crippen molar-refractivity contribution in [2.75, 3.05) is 31.5 Å². The predicted molar refractivity (Wildman–Crippen MR) is 138 cm³/mol. The molecule has 0 saturated heterocycles. The number of carbonyl (C=O) groups is 2. The molecule has 1 aliphatic heterocycles. The lowest BCUT2D eigenvalue weighted by Gasteiger charge is -2.25. The van der Waals surface area contributed by atoms with Crippen molar-refractivity contribution in [3.8, 4) is 0 Å². The normalized spacial score (nSPS) is 13.9. The zero-order chi connectivity index (χ0) is 24.2. The first-order valence-corrected chi connectivity index (χ1v) is 13.6. The maximum absolute atomic E-state index is 12.9. The van der Waals surface area contributed by atoms with Crippen LogP contribution in [0.1, 0.15) is 64.8 Å². The molecular formula is C23H33ClN4O4S2. The Hall–Kier alpha value is -1.98. The number of rotatable bonds is 10. The third-order valence-electron chi connectivity index (χ3n) is 5.92. The molecule has 0 spiro atoms. The molecule has 1 aliphatic rings. The van der Waals surface area contributed by atoms with Crippen LogP contribution < -0.4 is 11.1 Å². The molecule has 0 bridgehead atoms. The fourth-order valence-electron chi connectivity index (χ4n) is 3.96. The molecule has 0 saturated carbocycles. The van der Waals surface area contributed by atoms with Crippen molar-refractivity contribution in [3.05, 3.63) is 45.8 Å². The number of fused-ring (bicyclic) bond motifs is 1. The van der Waals surface area contributed by atoms with Crippen LogP contribution in [0.5, 0.6) is 0 Å². The Morgan fingerprint density at radius 3 is 2.41 bits per heavy atom. The number of nitrogens with one attached hydrogen (secondary N) is 1. The van der Waals surface area contributed by atoms with Gasteiger partial charge < -0.3 is 11.1 Å². The SMILES string of the molecule is CCCCN(CC)S(=O)(=O)c1ccc(C(=O)Nc2sc3c(c2C(N)=O)CCN(CC)C3)cc1.Cl. The van der Waals surface area contributed by atoms with E-state index in [1.807, 2.05) is 13.8 Å². The number of carbonyl (C=O) groups excluding carboxylic acids is 2. The van der Waals surface area contributed by atoms with E-state index in [4.69, 9.17) is 5.73 Å². The molecule has 3 rings (SSSR count). The van der Waals surface area contributed by atoms with Gasteiger partial charge in [0.25, 0.3) is 11.8 Å². The van der Waals surface area contributed by atoms with Gasteiger partial charge in [-0.3, -0.25) is 14.5 Å². The summed E-state index contributed by atoms with van der Waals surface area (Å²) in [5.41, 5.74) is 7.25. The average molecular weight is 529 g/mol. The number of nitrogens with two attached hydrogens (primary N) is 1. The molecule has 1 aromatic carbocycles. The number of anilines is 1. The third-order valence-corrected chi connectivity index (χ3v) is 9.05. The molecule has 0 atom stereocenters. The summed E-state index contributed by atoms with van der Waals surface area (Å²) in [6.07, 6.45) is 2.41. The topological polar surface area (TPSA) is 113 Å². The number of primary amides is 1. The molecule has 0 radical (unpaired) electrons. The van der Waals surface area contributed by atoms with Crippen molar-refractivity contribution in [1.82, 2.24) is 9.21 Å². The highest BCUT2D eigenvalue weighted by atomic mass is 35.5. The summed E-state index contributed by atoms with van der Waals surface area (Å²) in [5, 5.41) is 3.27. The summed E-state index contributed by atoms with van der Waals surface area (Å²) in [4.78, 5) is 28.5.